The van der Waals surface area contributed by atoms with Gasteiger partial charge in [-0.05, 0) is 107 Å². The Balaban J connectivity index is 1.71. The van der Waals surface area contributed by atoms with E-state index in [1.165, 1.54) is 24.0 Å². The van der Waals surface area contributed by atoms with Gasteiger partial charge < -0.3 is 20.1 Å². The van der Waals surface area contributed by atoms with Crippen molar-refractivity contribution in [1.29, 1.82) is 0 Å². The maximum absolute atomic E-state index is 13.8. The van der Waals surface area contributed by atoms with Crippen LogP contribution in [0.2, 0.25) is 0 Å². The Morgan fingerprint density at radius 1 is 0.878 bits per heavy atom. The summed E-state index contributed by atoms with van der Waals surface area (Å²) in [6, 6.07) is 20.1. The minimum atomic E-state index is -3.51. The van der Waals surface area contributed by atoms with E-state index in [1.54, 1.807) is 84.0 Å². The second-order valence-corrected chi connectivity index (χ2v) is 16.2. The SMILES string of the molecule is CSc1cccc(C(Nc2ccc3c(N(C(=O)OC(C)(C)C)C(=O)OC(C)(C)C)nccc3c2)C(=O)NCc2ccccc2S(C)(=O)=O)c1. The molecule has 260 valence electrons. The fourth-order valence-electron chi connectivity index (χ4n) is 4.88. The zero-order valence-electron chi connectivity index (χ0n) is 28.9. The summed E-state index contributed by atoms with van der Waals surface area (Å²) in [4.78, 5) is 46.7. The molecule has 0 aliphatic carbocycles. The molecule has 0 bridgehead atoms. The molecule has 0 aliphatic rings. The van der Waals surface area contributed by atoms with Crippen LogP contribution < -0.4 is 15.5 Å². The average Bonchev–Trinajstić information content (AvgIpc) is 3.00. The Bertz CT molecular complexity index is 1940. The van der Waals surface area contributed by atoms with E-state index in [0.29, 0.717) is 27.6 Å². The van der Waals surface area contributed by atoms with Crippen molar-refractivity contribution in [2.75, 3.05) is 22.7 Å². The molecule has 2 N–H and O–H groups in total. The quantitative estimate of drug-likeness (QED) is 0.168. The van der Waals surface area contributed by atoms with Crippen LogP contribution in [0.5, 0.6) is 0 Å². The van der Waals surface area contributed by atoms with Crippen LogP contribution in [0, 0.1) is 0 Å². The molecule has 11 nitrogen and oxygen atoms in total. The highest BCUT2D eigenvalue weighted by Gasteiger charge is 2.34. The predicted octanol–water partition coefficient (Wildman–Crippen LogP) is 7.51. The van der Waals surface area contributed by atoms with Gasteiger partial charge in [0.15, 0.2) is 15.7 Å². The van der Waals surface area contributed by atoms with Crippen molar-refractivity contribution < 1.29 is 32.3 Å². The molecule has 1 atom stereocenters. The molecule has 49 heavy (non-hydrogen) atoms. The third-order valence-electron chi connectivity index (χ3n) is 6.93. The maximum Gasteiger partial charge on any atom is 0.425 e. The Kier molecular flexibility index (Phi) is 11.3. The topological polar surface area (TPSA) is 144 Å². The molecule has 4 aromatic rings. The number of imide groups is 1. The van der Waals surface area contributed by atoms with Gasteiger partial charge in [-0.1, -0.05) is 30.3 Å². The van der Waals surface area contributed by atoms with Crippen LogP contribution in [0.25, 0.3) is 10.8 Å². The van der Waals surface area contributed by atoms with Crippen LogP contribution in [0.1, 0.15) is 58.7 Å². The molecule has 0 saturated carbocycles. The van der Waals surface area contributed by atoms with Gasteiger partial charge in [-0.25, -0.2) is 23.0 Å². The molecule has 0 radical (unpaired) electrons. The summed E-state index contributed by atoms with van der Waals surface area (Å²) in [7, 11) is -3.51. The molecular weight excluding hydrogens is 665 g/mol. The van der Waals surface area contributed by atoms with E-state index in [1.807, 2.05) is 30.5 Å². The summed E-state index contributed by atoms with van der Waals surface area (Å²) in [5, 5.41) is 7.30. The van der Waals surface area contributed by atoms with Crippen LogP contribution in [0.4, 0.5) is 21.1 Å². The number of sulfone groups is 1. The lowest BCUT2D eigenvalue weighted by atomic mass is 10.0. The lowest BCUT2D eigenvalue weighted by Gasteiger charge is -2.28. The van der Waals surface area contributed by atoms with E-state index in [9.17, 15) is 22.8 Å². The number of pyridine rings is 1. The van der Waals surface area contributed by atoms with Gasteiger partial charge in [-0.2, -0.15) is 4.90 Å². The zero-order chi connectivity index (χ0) is 36.1. The summed E-state index contributed by atoms with van der Waals surface area (Å²) in [6.07, 6.45) is 2.66. The van der Waals surface area contributed by atoms with Crippen molar-refractivity contribution in [3.63, 3.8) is 0 Å². The molecule has 1 heterocycles. The number of fused-ring (bicyclic) bond motifs is 1. The fourth-order valence-corrected chi connectivity index (χ4v) is 6.29. The molecule has 0 spiro atoms. The highest BCUT2D eigenvalue weighted by Crippen LogP contribution is 2.32. The number of hydrogen-bond acceptors (Lipinski definition) is 10. The summed E-state index contributed by atoms with van der Waals surface area (Å²) < 4.78 is 35.8. The second kappa shape index (κ2) is 14.9. The number of benzene rings is 3. The van der Waals surface area contributed by atoms with Crippen LogP contribution >= 0.6 is 11.8 Å². The average molecular weight is 707 g/mol. The summed E-state index contributed by atoms with van der Waals surface area (Å²) in [6.45, 7) is 10.2. The lowest BCUT2D eigenvalue weighted by Crippen LogP contribution is -2.44. The van der Waals surface area contributed by atoms with Gasteiger partial charge in [0, 0.05) is 35.0 Å². The molecule has 0 saturated heterocycles. The number of aromatic nitrogens is 1. The largest absolute Gasteiger partial charge is 0.443 e. The number of hydrogen-bond donors (Lipinski definition) is 2. The first kappa shape index (κ1) is 37.2. The first-order valence-corrected chi connectivity index (χ1v) is 18.6. The van der Waals surface area contributed by atoms with Gasteiger partial charge in [0.2, 0.25) is 5.91 Å². The van der Waals surface area contributed by atoms with Gasteiger partial charge in [-0.15, -0.1) is 11.8 Å². The fraction of sp³-hybridized carbons (Fsp3) is 0.333. The first-order chi connectivity index (χ1) is 22.9. The van der Waals surface area contributed by atoms with E-state index < -0.39 is 39.3 Å². The zero-order valence-corrected chi connectivity index (χ0v) is 30.5. The van der Waals surface area contributed by atoms with Gasteiger partial charge >= 0.3 is 12.2 Å². The monoisotopic (exact) mass is 706 g/mol. The standard InChI is InChI=1S/C36H42N4O7S2/c1-35(2,3)46-33(42)40(34(43)47-36(4,5)6)31-28-17-16-26(20-23(28)18-19-37-31)39-30(24-13-11-14-27(21-24)48-7)32(41)38-22-25-12-9-10-15-29(25)49(8,44)45/h9-21,30,39H,22H2,1-8H3,(H,38,41). The van der Waals surface area contributed by atoms with E-state index >= 15 is 0 Å². The van der Waals surface area contributed by atoms with Crippen molar-refractivity contribution in [2.24, 2.45) is 0 Å². The number of carbonyl (C=O) groups is 3. The van der Waals surface area contributed by atoms with Crippen molar-refractivity contribution in [3.8, 4) is 0 Å². The number of rotatable bonds is 9. The lowest BCUT2D eigenvalue weighted by molar-refractivity contribution is -0.122. The van der Waals surface area contributed by atoms with Crippen LogP contribution in [-0.4, -0.2) is 55.2 Å². The van der Waals surface area contributed by atoms with Crippen molar-refractivity contribution in [1.82, 2.24) is 10.3 Å². The minimum Gasteiger partial charge on any atom is -0.443 e. The molecular formula is C36H42N4O7S2. The highest BCUT2D eigenvalue weighted by molar-refractivity contribution is 7.98. The minimum absolute atomic E-state index is 0.000387. The summed E-state index contributed by atoms with van der Waals surface area (Å²) in [5.74, 6) is -0.350. The number of thioether (sulfide) groups is 1. The smallest absolute Gasteiger partial charge is 0.425 e. The molecule has 3 aromatic carbocycles. The molecule has 1 unspecified atom stereocenters. The predicted molar refractivity (Wildman–Crippen MR) is 193 cm³/mol. The van der Waals surface area contributed by atoms with Gasteiger partial charge in [0.05, 0.1) is 4.90 Å². The number of nitrogens with one attached hydrogen (secondary N) is 2. The molecule has 4 rings (SSSR count). The van der Waals surface area contributed by atoms with Crippen molar-refractivity contribution >= 4 is 62.0 Å². The third kappa shape index (κ3) is 9.96. The summed E-state index contributed by atoms with van der Waals surface area (Å²) >= 11 is 1.54. The van der Waals surface area contributed by atoms with Crippen LogP contribution in [-0.2, 0) is 30.7 Å². The van der Waals surface area contributed by atoms with E-state index in [4.69, 9.17) is 9.47 Å². The van der Waals surface area contributed by atoms with Crippen molar-refractivity contribution in [3.05, 3.63) is 90.1 Å². The Hall–Kier alpha value is -4.62. The highest BCUT2D eigenvalue weighted by atomic mass is 32.2. The number of anilines is 2. The van der Waals surface area contributed by atoms with Gasteiger partial charge in [0.25, 0.3) is 0 Å². The van der Waals surface area contributed by atoms with E-state index in [0.717, 1.165) is 16.1 Å². The Labute approximate surface area is 291 Å². The Morgan fingerprint density at radius 3 is 2.14 bits per heavy atom. The van der Waals surface area contributed by atoms with E-state index in [2.05, 4.69) is 15.6 Å². The Morgan fingerprint density at radius 2 is 1.53 bits per heavy atom. The molecule has 0 aliphatic heterocycles. The summed E-state index contributed by atoms with van der Waals surface area (Å²) in [5.41, 5.74) is -0.0566. The van der Waals surface area contributed by atoms with Gasteiger partial charge in [0.1, 0.15) is 17.2 Å². The molecule has 13 heteroatoms. The van der Waals surface area contributed by atoms with Crippen molar-refractivity contribution in [2.45, 2.75) is 75.1 Å². The van der Waals surface area contributed by atoms with Crippen LogP contribution in [0.15, 0.2) is 88.8 Å². The molecule has 3 amide bonds. The van der Waals surface area contributed by atoms with Gasteiger partial charge in [-0.3, -0.25) is 4.79 Å². The normalized spacial score (nSPS) is 12.6. The third-order valence-corrected chi connectivity index (χ3v) is 8.86. The first-order valence-electron chi connectivity index (χ1n) is 15.5. The maximum atomic E-state index is 13.8. The number of nitrogens with zero attached hydrogens (tertiary/aromatic N) is 2. The van der Waals surface area contributed by atoms with E-state index in [-0.39, 0.29) is 23.2 Å². The molecule has 1 aromatic heterocycles. The molecule has 0 fully saturated rings. The number of amides is 3. The number of carbonyl (C=O) groups excluding carboxylic acids is 3. The number of ether oxygens (including phenoxy) is 2. The second-order valence-electron chi connectivity index (χ2n) is 13.3. The van der Waals surface area contributed by atoms with Crippen LogP contribution in [0.3, 0.4) is 0 Å².